The van der Waals surface area contributed by atoms with Crippen LogP contribution in [-0.2, 0) is 10.0 Å². The number of hydrogen-bond donors (Lipinski definition) is 2. The Balaban J connectivity index is 1.44. The van der Waals surface area contributed by atoms with Gasteiger partial charge in [-0.2, -0.15) is 9.57 Å². The molecule has 8 nitrogen and oxygen atoms in total. The number of carbonyl (C=O) groups is 1. The number of halogens is 2. The van der Waals surface area contributed by atoms with Gasteiger partial charge >= 0.3 is 0 Å². The van der Waals surface area contributed by atoms with Crippen LogP contribution in [0.15, 0.2) is 47.4 Å². The number of nitrogens with one attached hydrogen (secondary N) is 1. The predicted molar refractivity (Wildman–Crippen MR) is 123 cm³/mol. The molecule has 0 amide bonds. The molecule has 0 spiro atoms. The monoisotopic (exact) mass is 503 g/mol. The molecule has 0 saturated carbocycles. The molecule has 34 heavy (non-hydrogen) atoms. The van der Waals surface area contributed by atoms with Crippen LogP contribution >= 0.6 is 11.3 Å². The van der Waals surface area contributed by atoms with Crippen molar-refractivity contribution >= 4 is 38.1 Å². The van der Waals surface area contributed by atoms with Gasteiger partial charge in [-0.25, -0.2) is 22.2 Å². The minimum atomic E-state index is -3.82. The van der Waals surface area contributed by atoms with Gasteiger partial charge in [0.15, 0.2) is 5.13 Å². The van der Waals surface area contributed by atoms with E-state index in [4.69, 9.17) is 5.73 Å². The fourth-order valence-corrected chi connectivity index (χ4v) is 6.24. The molecule has 3 N–H and O–H groups in total. The lowest BCUT2D eigenvalue weighted by atomic mass is 10.1. The van der Waals surface area contributed by atoms with Crippen molar-refractivity contribution in [1.82, 2.24) is 9.29 Å². The number of piperidine rings is 1. The summed E-state index contributed by atoms with van der Waals surface area (Å²) in [6.07, 6.45) is 0.886. The SMILES string of the molecule is N#Cc1ccccc1S(=O)(=O)N1CCC(Nc2nc(N)c(C(=O)c3c(F)cccc3F)s2)CC1. The molecule has 0 radical (unpaired) electrons. The van der Waals surface area contributed by atoms with Crippen LogP contribution in [-0.4, -0.2) is 42.6 Å². The lowest BCUT2D eigenvalue weighted by Crippen LogP contribution is -2.42. The maximum absolute atomic E-state index is 14.0. The Morgan fingerprint density at radius 3 is 2.44 bits per heavy atom. The number of nitrogens with two attached hydrogens (primary N) is 1. The van der Waals surface area contributed by atoms with Gasteiger partial charge in [0.05, 0.1) is 16.0 Å². The molecule has 1 fully saturated rings. The van der Waals surface area contributed by atoms with Crippen molar-refractivity contribution in [3.8, 4) is 6.07 Å². The summed E-state index contributed by atoms with van der Waals surface area (Å²) in [5.41, 5.74) is 5.23. The van der Waals surface area contributed by atoms with Gasteiger partial charge in [-0.3, -0.25) is 4.79 Å². The van der Waals surface area contributed by atoms with Crippen molar-refractivity contribution in [2.24, 2.45) is 0 Å². The van der Waals surface area contributed by atoms with Crippen molar-refractivity contribution in [2.75, 3.05) is 24.1 Å². The molecule has 0 unspecified atom stereocenters. The largest absolute Gasteiger partial charge is 0.382 e. The van der Waals surface area contributed by atoms with E-state index in [9.17, 15) is 27.3 Å². The van der Waals surface area contributed by atoms with Gasteiger partial charge in [-0.1, -0.05) is 29.5 Å². The Labute approximate surface area is 198 Å². The van der Waals surface area contributed by atoms with Gasteiger partial charge in [0, 0.05) is 19.1 Å². The average molecular weight is 504 g/mol. The summed E-state index contributed by atoms with van der Waals surface area (Å²) in [5.74, 6) is -3.01. The number of nitriles is 1. The van der Waals surface area contributed by atoms with Crippen molar-refractivity contribution in [3.05, 3.63) is 70.1 Å². The molecule has 0 atom stereocenters. The summed E-state index contributed by atoms with van der Waals surface area (Å²) < 4.78 is 55.3. The maximum atomic E-state index is 14.0. The highest BCUT2D eigenvalue weighted by atomic mass is 32.2. The number of ketones is 1. The molecule has 1 aromatic heterocycles. The first kappa shape index (κ1) is 23.7. The van der Waals surface area contributed by atoms with Gasteiger partial charge in [0.2, 0.25) is 15.8 Å². The van der Waals surface area contributed by atoms with Crippen LogP contribution in [0.3, 0.4) is 0 Å². The van der Waals surface area contributed by atoms with Gasteiger partial charge < -0.3 is 11.1 Å². The van der Waals surface area contributed by atoms with Crippen molar-refractivity contribution < 1.29 is 22.0 Å². The number of benzene rings is 2. The van der Waals surface area contributed by atoms with Crippen LogP contribution in [0.2, 0.25) is 0 Å². The Morgan fingerprint density at radius 1 is 1.15 bits per heavy atom. The summed E-state index contributed by atoms with van der Waals surface area (Å²) in [6.45, 7) is 0.430. The van der Waals surface area contributed by atoms with Crippen molar-refractivity contribution in [1.29, 1.82) is 5.26 Å². The number of nitrogens with zero attached hydrogens (tertiary/aromatic N) is 3. The third kappa shape index (κ3) is 4.50. The van der Waals surface area contributed by atoms with E-state index in [1.807, 2.05) is 6.07 Å². The summed E-state index contributed by atoms with van der Waals surface area (Å²) in [4.78, 5) is 16.6. The first-order chi connectivity index (χ1) is 16.2. The highest BCUT2D eigenvalue weighted by molar-refractivity contribution is 7.89. The molecule has 12 heteroatoms. The Hall–Kier alpha value is -3.40. The number of nitrogen functional groups attached to an aromatic ring is 1. The number of rotatable bonds is 6. The topological polar surface area (TPSA) is 129 Å². The molecule has 2 heterocycles. The van der Waals surface area contributed by atoms with E-state index in [1.165, 1.54) is 16.4 Å². The third-order valence-electron chi connectivity index (χ3n) is 5.46. The van der Waals surface area contributed by atoms with E-state index in [1.54, 1.807) is 12.1 Å². The number of sulfonamides is 1. The summed E-state index contributed by atoms with van der Waals surface area (Å²) in [7, 11) is -3.82. The average Bonchev–Trinajstić information content (AvgIpc) is 3.19. The molecular weight excluding hydrogens is 484 g/mol. The Bertz CT molecular complexity index is 1370. The fourth-order valence-electron chi connectivity index (χ4n) is 3.72. The molecule has 0 aliphatic carbocycles. The second kappa shape index (κ2) is 9.46. The quantitative estimate of drug-likeness (QED) is 0.494. The van der Waals surface area contributed by atoms with Crippen LogP contribution in [0.4, 0.5) is 19.7 Å². The van der Waals surface area contributed by atoms with Gasteiger partial charge in [0.25, 0.3) is 0 Å². The summed E-state index contributed by atoms with van der Waals surface area (Å²) >= 11 is 0.884. The second-order valence-electron chi connectivity index (χ2n) is 7.59. The lowest BCUT2D eigenvalue weighted by molar-refractivity contribution is 0.103. The molecule has 2 aromatic carbocycles. The summed E-state index contributed by atoms with van der Waals surface area (Å²) in [5, 5.41) is 12.7. The molecule has 1 saturated heterocycles. The van der Waals surface area contributed by atoms with Crippen LogP contribution in [0.1, 0.15) is 33.6 Å². The normalized spacial score (nSPS) is 15.1. The first-order valence-electron chi connectivity index (χ1n) is 10.2. The molecule has 176 valence electrons. The van der Waals surface area contributed by atoms with E-state index >= 15 is 0 Å². The fraction of sp³-hybridized carbons (Fsp3) is 0.227. The van der Waals surface area contributed by atoms with E-state index < -0.39 is 33.0 Å². The maximum Gasteiger partial charge on any atom is 0.244 e. The van der Waals surface area contributed by atoms with Crippen molar-refractivity contribution in [2.45, 2.75) is 23.8 Å². The van der Waals surface area contributed by atoms with Crippen LogP contribution < -0.4 is 11.1 Å². The standard InChI is InChI=1S/C22H19F2N5O3S2/c23-15-5-3-6-16(24)18(15)19(30)20-21(26)28-22(33-20)27-14-8-10-29(11-9-14)34(31,32)17-7-2-1-4-13(17)12-25/h1-7,14H,8-11,26H2,(H,27,28). The molecule has 3 aromatic rings. The van der Waals surface area contributed by atoms with Crippen LogP contribution in [0.5, 0.6) is 0 Å². The Kier molecular flexibility index (Phi) is 6.60. The van der Waals surface area contributed by atoms with E-state index in [0.29, 0.717) is 18.0 Å². The summed E-state index contributed by atoms with van der Waals surface area (Å²) in [6, 6.07) is 10.9. The molecular formula is C22H19F2N5O3S2. The first-order valence-corrected chi connectivity index (χ1v) is 12.5. The molecule has 1 aliphatic rings. The smallest absolute Gasteiger partial charge is 0.244 e. The third-order valence-corrected chi connectivity index (χ3v) is 8.41. The zero-order chi connectivity index (χ0) is 24.5. The van der Waals surface area contributed by atoms with Crippen LogP contribution in [0, 0.1) is 23.0 Å². The zero-order valence-corrected chi connectivity index (χ0v) is 19.3. The van der Waals surface area contributed by atoms with E-state index in [2.05, 4.69) is 10.3 Å². The van der Waals surface area contributed by atoms with Gasteiger partial charge in [-0.15, -0.1) is 0 Å². The van der Waals surface area contributed by atoms with Gasteiger partial charge in [0.1, 0.15) is 28.4 Å². The van der Waals surface area contributed by atoms with E-state index in [0.717, 1.165) is 29.5 Å². The zero-order valence-electron chi connectivity index (χ0n) is 17.7. The Morgan fingerprint density at radius 2 is 1.79 bits per heavy atom. The second-order valence-corrected chi connectivity index (χ2v) is 10.5. The lowest BCUT2D eigenvalue weighted by Gasteiger charge is -2.31. The van der Waals surface area contributed by atoms with Gasteiger partial charge in [-0.05, 0) is 37.1 Å². The highest BCUT2D eigenvalue weighted by Gasteiger charge is 2.32. The number of thiazole rings is 1. The minimum absolute atomic E-state index is 0.0277. The predicted octanol–water partition coefficient (Wildman–Crippen LogP) is 3.37. The molecule has 4 rings (SSSR count). The molecule has 1 aliphatic heterocycles. The van der Waals surface area contributed by atoms with Crippen molar-refractivity contribution in [3.63, 3.8) is 0 Å². The van der Waals surface area contributed by atoms with E-state index in [-0.39, 0.29) is 40.3 Å². The minimum Gasteiger partial charge on any atom is -0.382 e. The number of anilines is 2. The highest BCUT2D eigenvalue weighted by Crippen LogP contribution is 2.31. The number of hydrogen-bond acceptors (Lipinski definition) is 8. The molecule has 0 bridgehead atoms. The number of aromatic nitrogens is 1. The number of carbonyl (C=O) groups excluding carboxylic acids is 1. The van der Waals surface area contributed by atoms with Crippen LogP contribution in [0.25, 0.3) is 0 Å².